The lowest BCUT2D eigenvalue weighted by Crippen LogP contribution is -2.26. The van der Waals surface area contributed by atoms with Crippen molar-refractivity contribution in [3.8, 4) is 11.3 Å². The van der Waals surface area contributed by atoms with Gasteiger partial charge in [-0.3, -0.25) is 9.59 Å². The molecule has 136 valence electrons. The van der Waals surface area contributed by atoms with Gasteiger partial charge in [0, 0.05) is 12.1 Å². The maximum Gasteiger partial charge on any atom is 0.307 e. The normalized spacial score (nSPS) is 10.9. The van der Waals surface area contributed by atoms with Crippen molar-refractivity contribution in [3.63, 3.8) is 0 Å². The predicted octanol–water partition coefficient (Wildman–Crippen LogP) is 2.70. The molecule has 0 fully saturated rings. The number of nitrogens with one attached hydrogen (secondary N) is 1. The summed E-state index contributed by atoms with van der Waals surface area (Å²) >= 11 is 0. The number of ether oxygens (including phenoxy) is 1. The summed E-state index contributed by atoms with van der Waals surface area (Å²) in [5.74, 6) is 0.711. The molecule has 0 saturated heterocycles. The van der Waals surface area contributed by atoms with Crippen LogP contribution in [-0.4, -0.2) is 35.7 Å². The Kier molecular flexibility index (Phi) is 4.75. The van der Waals surface area contributed by atoms with Crippen molar-refractivity contribution in [1.82, 2.24) is 15.5 Å². The van der Waals surface area contributed by atoms with E-state index >= 15 is 0 Å². The minimum Gasteiger partial charge on any atom is -0.469 e. The highest BCUT2D eigenvalue weighted by Gasteiger charge is 2.21. The zero-order valence-electron chi connectivity index (χ0n) is 15.0. The van der Waals surface area contributed by atoms with E-state index in [0.717, 1.165) is 11.3 Å². The number of fused-ring (bicyclic) bond motifs is 1. The first-order chi connectivity index (χ1) is 12.4. The number of aromatic nitrogens is 2. The van der Waals surface area contributed by atoms with Crippen LogP contribution in [0.15, 0.2) is 21.1 Å². The third kappa shape index (κ3) is 3.30. The van der Waals surface area contributed by atoms with Gasteiger partial charge in [-0.05, 0) is 32.9 Å². The van der Waals surface area contributed by atoms with Crippen LogP contribution in [0.5, 0.6) is 0 Å². The lowest BCUT2D eigenvalue weighted by Gasteiger charge is -2.07. The first-order valence-corrected chi connectivity index (χ1v) is 8.10. The first-order valence-electron chi connectivity index (χ1n) is 8.10. The van der Waals surface area contributed by atoms with Crippen molar-refractivity contribution in [2.75, 3.05) is 13.7 Å². The third-order valence-corrected chi connectivity index (χ3v) is 4.02. The van der Waals surface area contributed by atoms with Crippen LogP contribution in [0.4, 0.5) is 0 Å². The average Bonchev–Trinajstić information content (AvgIpc) is 3.15. The molecule has 1 amide bonds. The monoisotopic (exact) mass is 357 g/mol. The second kappa shape index (κ2) is 6.99. The number of hydrogen-bond donors (Lipinski definition) is 1. The smallest absolute Gasteiger partial charge is 0.307 e. The number of rotatable bonds is 5. The molecule has 3 aromatic heterocycles. The Bertz CT molecular complexity index is 986. The van der Waals surface area contributed by atoms with Crippen molar-refractivity contribution < 1.29 is 23.3 Å². The number of furan rings is 1. The predicted molar refractivity (Wildman–Crippen MR) is 92.7 cm³/mol. The van der Waals surface area contributed by atoms with Crippen molar-refractivity contribution >= 4 is 23.0 Å². The molecule has 0 aliphatic heterocycles. The van der Waals surface area contributed by atoms with Gasteiger partial charge in [0.15, 0.2) is 0 Å². The van der Waals surface area contributed by atoms with E-state index < -0.39 is 5.97 Å². The summed E-state index contributed by atoms with van der Waals surface area (Å²) in [5, 5.41) is 7.16. The fourth-order valence-corrected chi connectivity index (χ4v) is 2.77. The van der Waals surface area contributed by atoms with Crippen molar-refractivity contribution in [1.29, 1.82) is 0 Å². The highest BCUT2D eigenvalue weighted by molar-refractivity contribution is 6.07. The van der Waals surface area contributed by atoms with Crippen LogP contribution in [-0.2, 0) is 9.53 Å². The molecule has 3 heterocycles. The Morgan fingerprint density at radius 3 is 2.65 bits per heavy atom. The molecule has 0 spiro atoms. The van der Waals surface area contributed by atoms with E-state index in [2.05, 4.69) is 20.2 Å². The molecular formula is C18H19N3O5. The minimum atomic E-state index is -0.392. The molecule has 0 radical (unpaired) electrons. The number of aryl methyl sites for hydroxylation is 3. The quantitative estimate of drug-likeness (QED) is 0.699. The van der Waals surface area contributed by atoms with Gasteiger partial charge in [0.1, 0.15) is 11.5 Å². The van der Waals surface area contributed by atoms with E-state index in [-0.39, 0.29) is 24.6 Å². The molecule has 0 aliphatic carbocycles. The van der Waals surface area contributed by atoms with Crippen LogP contribution in [0, 0.1) is 20.8 Å². The molecule has 0 saturated carbocycles. The average molecular weight is 357 g/mol. The van der Waals surface area contributed by atoms with E-state index in [1.54, 1.807) is 13.0 Å². The van der Waals surface area contributed by atoms with Gasteiger partial charge < -0.3 is 19.0 Å². The zero-order valence-corrected chi connectivity index (χ0v) is 15.0. The number of hydrogen-bond acceptors (Lipinski definition) is 7. The van der Waals surface area contributed by atoms with Gasteiger partial charge in [-0.15, -0.1) is 0 Å². The second-order valence-electron chi connectivity index (χ2n) is 5.91. The maximum atomic E-state index is 12.7. The van der Waals surface area contributed by atoms with E-state index in [1.165, 1.54) is 7.11 Å². The summed E-state index contributed by atoms with van der Waals surface area (Å²) in [6.45, 7) is 5.58. The highest BCUT2D eigenvalue weighted by atomic mass is 16.5. The van der Waals surface area contributed by atoms with E-state index in [4.69, 9.17) is 8.94 Å². The molecule has 0 bridgehead atoms. The fourth-order valence-electron chi connectivity index (χ4n) is 2.77. The van der Waals surface area contributed by atoms with Gasteiger partial charge in [-0.25, -0.2) is 4.98 Å². The minimum absolute atomic E-state index is 0.0893. The SMILES string of the molecule is COC(=O)CCNC(=O)c1cc(-c2cc(C)oc2C)nc2onc(C)c12. The molecule has 3 rings (SSSR count). The topological polar surface area (TPSA) is 107 Å². The molecule has 8 nitrogen and oxygen atoms in total. The second-order valence-corrected chi connectivity index (χ2v) is 5.91. The van der Waals surface area contributed by atoms with Crippen LogP contribution >= 0.6 is 0 Å². The molecule has 0 atom stereocenters. The Morgan fingerprint density at radius 2 is 2.00 bits per heavy atom. The first kappa shape index (κ1) is 17.7. The standard InChI is InChI=1S/C18H19N3O5/c1-9-7-12(11(3)25-9)14-8-13(16-10(2)21-26-18(16)20-14)17(23)19-6-5-15(22)24-4/h7-8H,5-6H2,1-4H3,(H,19,23). The molecule has 8 heteroatoms. The van der Waals surface area contributed by atoms with Crippen molar-refractivity contribution in [2.24, 2.45) is 0 Å². The molecule has 26 heavy (non-hydrogen) atoms. The number of amides is 1. The third-order valence-electron chi connectivity index (χ3n) is 4.02. The van der Waals surface area contributed by atoms with Gasteiger partial charge in [-0.2, -0.15) is 0 Å². The van der Waals surface area contributed by atoms with E-state index in [0.29, 0.717) is 28.1 Å². The number of methoxy groups -OCH3 is 1. The van der Waals surface area contributed by atoms with Gasteiger partial charge in [0.2, 0.25) is 0 Å². The molecule has 0 aliphatic rings. The Labute approximate surface area is 149 Å². The number of carbonyl (C=O) groups is 2. The largest absolute Gasteiger partial charge is 0.469 e. The molecule has 3 aromatic rings. The molecule has 0 aromatic carbocycles. The summed E-state index contributed by atoms with van der Waals surface area (Å²) in [6.07, 6.45) is 0.0893. The summed E-state index contributed by atoms with van der Waals surface area (Å²) in [7, 11) is 1.30. The van der Waals surface area contributed by atoms with Crippen molar-refractivity contribution in [3.05, 3.63) is 34.9 Å². The van der Waals surface area contributed by atoms with Gasteiger partial charge in [-0.1, -0.05) is 5.16 Å². The van der Waals surface area contributed by atoms with Gasteiger partial charge >= 0.3 is 5.97 Å². The molecule has 1 N–H and O–H groups in total. The lowest BCUT2D eigenvalue weighted by molar-refractivity contribution is -0.140. The lowest BCUT2D eigenvalue weighted by atomic mass is 10.1. The number of esters is 1. The molecule has 0 unspecified atom stereocenters. The fraction of sp³-hybridized carbons (Fsp3) is 0.333. The zero-order chi connectivity index (χ0) is 18.8. The van der Waals surface area contributed by atoms with Crippen LogP contribution < -0.4 is 5.32 Å². The Balaban J connectivity index is 2.00. The van der Waals surface area contributed by atoms with Crippen LogP contribution in [0.25, 0.3) is 22.4 Å². The van der Waals surface area contributed by atoms with Gasteiger partial charge in [0.05, 0.1) is 35.9 Å². The summed E-state index contributed by atoms with van der Waals surface area (Å²) < 4.78 is 15.4. The van der Waals surface area contributed by atoms with Gasteiger partial charge in [0.25, 0.3) is 11.6 Å². The molecular weight excluding hydrogens is 338 g/mol. The van der Waals surface area contributed by atoms with Crippen LogP contribution in [0.2, 0.25) is 0 Å². The Morgan fingerprint density at radius 1 is 1.23 bits per heavy atom. The van der Waals surface area contributed by atoms with E-state index in [1.807, 2.05) is 19.9 Å². The number of nitrogens with zero attached hydrogens (tertiary/aromatic N) is 2. The summed E-state index contributed by atoms with van der Waals surface area (Å²) in [4.78, 5) is 28.3. The van der Waals surface area contributed by atoms with E-state index in [9.17, 15) is 9.59 Å². The number of pyridine rings is 1. The summed E-state index contributed by atoms with van der Waals surface area (Å²) in [5.41, 5.74) is 2.56. The highest BCUT2D eigenvalue weighted by Crippen LogP contribution is 2.30. The summed E-state index contributed by atoms with van der Waals surface area (Å²) in [6, 6.07) is 3.53. The Hall–Kier alpha value is -3.16. The maximum absolute atomic E-state index is 12.7. The van der Waals surface area contributed by atoms with Crippen LogP contribution in [0.3, 0.4) is 0 Å². The number of carbonyl (C=O) groups excluding carboxylic acids is 2. The van der Waals surface area contributed by atoms with Crippen LogP contribution in [0.1, 0.15) is 34.0 Å². The van der Waals surface area contributed by atoms with Crippen molar-refractivity contribution in [2.45, 2.75) is 27.2 Å².